The molecule has 1 saturated heterocycles. The molecule has 2 aromatic carbocycles. The fourth-order valence-corrected chi connectivity index (χ4v) is 2.79. The summed E-state index contributed by atoms with van der Waals surface area (Å²) < 4.78 is 11.6. The van der Waals surface area contributed by atoms with E-state index in [1.54, 1.807) is 0 Å². The third kappa shape index (κ3) is 1.77. The molecule has 0 unspecified atom stereocenters. The summed E-state index contributed by atoms with van der Waals surface area (Å²) in [6.45, 7) is 0.0627. The molecule has 20 heavy (non-hydrogen) atoms. The molecule has 2 aromatic rings. The third-order valence-electron chi connectivity index (χ3n) is 3.69. The zero-order chi connectivity index (χ0) is 13.4. The molecule has 2 aliphatic heterocycles. The molecule has 0 aromatic heterocycles. The van der Waals surface area contributed by atoms with Crippen molar-refractivity contribution in [2.75, 3.05) is 6.79 Å². The van der Waals surface area contributed by atoms with Crippen molar-refractivity contribution < 1.29 is 19.2 Å². The summed E-state index contributed by atoms with van der Waals surface area (Å²) in [6, 6.07) is 17.9. The van der Waals surface area contributed by atoms with E-state index < -0.39 is 5.79 Å². The van der Waals surface area contributed by atoms with Crippen molar-refractivity contribution in [1.82, 2.24) is 0 Å². The number of hydrogen-bond donors (Lipinski definition) is 0. The van der Waals surface area contributed by atoms with Crippen molar-refractivity contribution in [3.05, 3.63) is 71.3 Å². The average molecular weight is 270 g/mol. The van der Waals surface area contributed by atoms with Gasteiger partial charge in [-0.05, 0) is 5.56 Å². The normalized spacial score (nSPS) is 28.5. The summed E-state index contributed by atoms with van der Waals surface area (Å²) in [6.07, 6.45) is 0.324. The lowest BCUT2D eigenvalue weighted by molar-refractivity contribution is -0.415. The highest BCUT2D eigenvalue weighted by atomic mass is 17.3. The van der Waals surface area contributed by atoms with Crippen LogP contribution in [0.3, 0.4) is 0 Å². The number of ether oxygens (including phenoxy) is 2. The van der Waals surface area contributed by atoms with E-state index in [2.05, 4.69) is 6.07 Å². The van der Waals surface area contributed by atoms with Gasteiger partial charge in [0.15, 0.2) is 13.1 Å². The lowest BCUT2D eigenvalue weighted by Crippen LogP contribution is -2.42. The number of hydrogen-bond acceptors (Lipinski definition) is 4. The van der Waals surface area contributed by atoms with Crippen molar-refractivity contribution in [3.63, 3.8) is 0 Å². The van der Waals surface area contributed by atoms with Crippen LogP contribution in [0.15, 0.2) is 54.6 Å². The molecule has 2 aliphatic rings. The summed E-state index contributed by atoms with van der Waals surface area (Å²) in [7, 11) is 0. The number of benzene rings is 2. The van der Waals surface area contributed by atoms with Crippen LogP contribution in [0.4, 0.5) is 0 Å². The third-order valence-corrected chi connectivity index (χ3v) is 3.69. The topological polar surface area (TPSA) is 36.9 Å². The van der Waals surface area contributed by atoms with E-state index in [1.807, 2.05) is 48.5 Å². The minimum absolute atomic E-state index is 0.0627. The van der Waals surface area contributed by atoms with Gasteiger partial charge in [0.05, 0.1) is 0 Å². The second-order valence-corrected chi connectivity index (χ2v) is 4.88. The van der Waals surface area contributed by atoms with Crippen LogP contribution in [0, 0.1) is 0 Å². The summed E-state index contributed by atoms with van der Waals surface area (Å²) in [5, 5.41) is 0. The molecule has 4 nitrogen and oxygen atoms in total. The highest BCUT2D eigenvalue weighted by molar-refractivity contribution is 5.41. The Bertz CT molecular complexity index is 613. The van der Waals surface area contributed by atoms with Gasteiger partial charge >= 0.3 is 0 Å². The van der Waals surface area contributed by atoms with Gasteiger partial charge < -0.3 is 9.47 Å². The van der Waals surface area contributed by atoms with Crippen molar-refractivity contribution in [2.24, 2.45) is 0 Å². The molecule has 0 saturated carbocycles. The van der Waals surface area contributed by atoms with Crippen LogP contribution in [-0.4, -0.2) is 13.1 Å². The van der Waals surface area contributed by atoms with Gasteiger partial charge in [0.25, 0.3) is 5.79 Å². The van der Waals surface area contributed by atoms with E-state index in [1.165, 1.54) is 0 Å². The molecule has 0 N–H and O–H groups in total. The van der Waals surface area contributed by atoms with Gasteiger partial charge in [0, 0.05) is 17.5 Å². The Morgan fingerprint density at radius 2 is 1.75 bits per heavy atom. The standard InChI is InChI=1S/C16H14O4/c1-2-7-13(8-3-1)16-14-9-5-4-6-12(14)10-15(19-16)17-11-18-20-16/h1-9,15H,10-11H2/t15-,16-/m0/s1. The summed E-state index contributed by atoms with van der Waals surface area (Å²) >= 11 is 0. The Morgan fingerprint density at radius 3 is 2.65 bits per heavy atom. The van der Waals surface area contributed by atoms with E-state index in [9.17, 15) is 0 Å². The van der Waals surface area contributed by atoms with Crippen LogP contribution in [0.2, 0.25) is 0 Å². The Morgan fingerprint density at radius 1 is 0.950 bits per heavy atom. The van der Waals surface area contributed by atoms with Crippen LogP contribution >= 0.6 is 0 Å². The van der Waals surface area contributed by atoms with Gasteiger partial charge in [0.1, 0.15) is 0 Å². The van der Waals surface area contributed by atoms with Gasteiger partial charge in [-0.15, -0.1) is 0 Å². The molecule has 102 valence electrons. The maximum atomic E-state index is 6.08. The molecule has 1 fully saturated rings. The van der Waals surface area contributed by atoms with Crippen LogP contribution in [0.5, 0.6) is 0 Å². The Balaban J connectivity index is 1.94. The fraction of sp³-hybridized carbons (Fsp3) is 0.250. The highest BCUT2D eigenvalue weighted by Crippen LogP contribution is 2.43. The van der Waals surface area contributed by atoms with Crippen LogP contribution in [-0.2, 0) is 31.5 Å². The van der Waals surface area contributed by atoms with Gasteiger partial charge in [-0.3, -0.25) is 0 Å². The average Bonchev–Trinajstić information content (AvgIpc) is 2.69. The first-order valence-corrected chi connectivity index (χ1v) is 6.62. The quantitative estimate of drug-likeness (QED) is 0.747. The van der Waals surface area contributed by atoms with Crippen molar-refractivity contribution in [2.45, 2.75) is 18.5 Å². The van der Waals surface area contributed by atoms with Crippen molar-refractivity contribution >= 4 is 0 Å². The van der Waals surface area contributed by atoms with Crippen molar-refractivity contribution in [1.29, 1.82) is 0 Å². The second kappa shape index (κ2) is 4.68. The Kier molecular flexibility index (Phi) is 2.82. The van der Waals surface area contributed by atoms with Crippen LogP contribution in [0.1, 0.15) is 16.7 Å². The highest BCUT2D eigenvalue weighted by Gasteiger charge is 2.47. The lowest BCUT2D eigenvalue weighted by atomic mass is 9.89. The van der Waals surface area contributed by atoms with Crippen LogP contribution in [0.25, 0.3) is 0 Å². The molecule has 2 bridgehead atoms. The van der Waals surface area contributed by atoms with Crippen LogP contribution < -0.4 is 0 Å². The largest absolute Gasteiger partial charge is 0.323 e. The molecule has 0 aliphatic carbocycles. The molecule has 2 heterocycles. The maximum absolute atomic E-state index is 6.08. The van der Waals surface area contributed by atoms with Gasteiger partial charge in [-0.25, -0.2) is 4.89 Å². The number of fused-ring (bicyclic) bond motifs is 4. The van der Waals surface area contributed by atoms with E-state index >= 15 is 0 Å². The second-order valence-electron chi connectivity index (χ2n) is 4.88. The minimum atomic E-state index is -1.06. The smallest absolute Gasteiger partial charge is 0.256 e. The van der Waals surface area contributed by atoms with E-state index in [4.69, 9.17) is 19.2 Å². The predicted molar refractivity (Wildman–Crippen MR) is 70.4 cm³/mol. The lowest BCUT2D eigenvalue weighted by Gasteiger charge is -2.38. The Labute approximate surface area is 116 Å². The van der Waals surface area contributed by atoms with E-state index in [0.29, 0.717) is 6.42 Å². The predicted octanol–water partition coefficient (Wildman–Crippen LogP) is 2.72. The van der Waals surface area contributed by atoms with Gasteiger partial charge in [-0.1, -0.05) is 54.6 Å². The summed E-state index contributed by atoms with van der Waals surface area (Å²) in [5.41, 5.74) is 3.01. The summed E-state index contributed by atoms with van der Waals surface area (Å²) in [5.74, 6) is -1.06. The zero-order valence-electron chi connectivity index (χ0n) is 10.8. The maximum Gasteiger partial charge on any atom is 0.256 e. The van der Waals surface area contributed by atoms with Crippen molar-refractivity contribution in [3.8, 4) is 0 Å². The first-order valence-electron chi connectivity index (χ1n) is 6.62. The van der Waals surface area contributed by atoms with Gasteiger partial charge in [0.2, 0.25) is 0 Å². The first kappa shape index (κ1) is 12.1. The number of rotatable bonds is 1. The Hall–Kier alpha value is -1.72. The first-order chi connectivity index (χ1) is 9.88. The molecular weight excluding hydrogens is 256 g/mol. The van der Waals surface area contributed by atoms with E-state index in [0.717, 1.165) is 16.7 Å². The molecule has 0 amide bonds. The molecular formula is C16H14O4. The summed E-state index contributed by atoms with van der Waals surface area (Å²) in [4.78, 5) is 10.8. The minimum Gasteiger partial charge on any atom is -0.323 e. The molecule has 2 atom stereocenters. The van der Waals surface area contributed by atoms with Gasteiger partial charge in [-0.2, -0.15) is 4.89 Å². The van der Waals surface area contributed by atoms with E-state index in [-0.39, 0.29) is 13.1 Å². The molecule has 0 radical (unpaired) electrons. The fourth-order valence-electron chi connectivity index (χ4n) is 2.79. The zero-order valence-corrected chi connectivity index (χ0v) is 10.8. The molecule has 4 rings (SSSR count). The molecule has 0 spiro atoms. The monoisotopic (exact) mass is 270 g/mol. The SMILES string of the molecule is c1ccc([C@]23OOCO[C@H](Cc4ccccc42)O3)cc1. The molecule has 4 heteroatoms.